The number of nitrogens with one attached hydrogen (secondary N) is 2. The topological polar surface area (TPSA) is 48.1 Å². The van der Waals surface area contributed by atoms with Crippen LogP contribution in [-0.4, -0.2) is 34.9 Å². The van der Waals surface area contributed by atoms with E-state index >= 15 is 0 Å². The number of H-pyrrole nitrogens is 1. The quantitative estimate of drug-likeness (QED) is 0.805. The zero-order valence-corrected chi connectivity index (χ0v) is 17.0. The molecule has 0 aliphatic carbocycles. The number of hydrogen-bond acceptors (Lipinski definition) is 2. The molecule has 1 aliphatic heterocycles. The molecule has 1 fully saturated rings. The summed E-state index contributed by atoms with van der Waals surface area (Å²) in [6.45, 7) is 14.8. The van der Waals surface area contributed by atoms with Crippen molar-refractivity contribution in [3.8, 4) is 0 Å². The van der Waals surface area contributed by atoms with Crippen molar-refractivity contribution in [1.82, 2.24) is 9.88 Å². The highest BCUT2D eigenvalue weighted by atomic mass is 16.1. The van der Waals surface area contributed by atoms with Gasteiger partial charge in [0.2, 0.25) is 5.91 Å². The molecule has 27 heavy (non-hydrogen) atoms. The maximum atomic E-state index is 11.4. The van der Waals surface area contributed by atoms with E-state index in [-0.39, 0.29) is 11.8 Å². The molecule has 0 bridgehead atoms. The lowest BCUT2D eigenvalue weighted by Gasteiger charge is -2.44. The van der Waals surface area contributed by atoms with Crippen LogP contribution < -0.4 is 5.32 Å². The van der Waals surface area contributed by atoms with Crippen molar-refractivity contribution in [2.24, 2.45) is 5.92 Å². The van der Waals surface area contributed by atoms with Crippen molar-refractivity contribution >= 4 is 11.6 Å². The Hall–Kier alpha value is -2.07. The zero-order chi connectivity index (χ0) is 19.6. The Morgan fingerprint density at radius 1 is 1.37 bits per heavy atom. The van der Waals surface area contributed by atoms with Gasteiger partial charge in [-0.05, 0) is 74.9 Å². The standard InChI is InChI=1S/C23H32N3O/c1-15-9-11-24-23(15)16(2)14-26-12-10-22(17(3)18(26)4)20-7-6-8-21(13-20)25-19(5)27/h6-9,11,13,16-18,22,24H,2,10,12,14H2,1,3-5H3,(H,25,27). The second-order valence-electron chi connectivity index (χ2n) is 8.07. The van der Waals surface area contributed by atoms with Crippen LogP contribution in [0.15, 0.2) is 36.5 Å². The summed E-state index contributed by atoms with van der Waals surface area (Å²) < 4.78 is 0. The predicted octanol–water partition coefficient (Wildman–Crippen LogP) is 4.71. The first kappa shape index (κ1) is 19.7. The molecule has 2 N–H and O–H groups in total. The van der Waals surface area contributed by atoms with Gasteiger partial charge in [-0.1, -0.05) is 19.1 Å². The molecule has 1 saturated heterocycles. The number of carbonyl (C=O) groups is 1. The van der Waals surface area contributed by atoms with E-state index in [4.69, 9.17) is 0 Å². The van der Waals surface area contributed by atoms with Gasteiger partial charge in [0.15, 0.2) is 0 Å². The summed E-state index contributed by atoms with van der Waals surface area (Å²) in [5.74, 6) is 1.29. The van der Waals surface area contributed by atoms with Crippen LogP contribution in [0.4, 0.5) is 5.69 Å². The number of rotatable bonds is 5. The molecule has 4 heteroatoms. The molecule has 4 unspecified atom stereocenters. The van der Waals surface area contributed by atoms with E-state index in [1.807, 2.05) is 18.3 Å². The van der Waals surface area contributed by atoms with Gasteiger partial charge in [0.1, 0.15) is 0 Å². The van der Waals surface area contributed by atoms with Crippen LogP contribution in [-0.2, 0) is 4.79 Å². The number of likely N-dealkylation sites (tertiary alicyclic amines) is 1. The Bertz CT molecular complexity index is 781. The summed E-state index contributed by atoms with van der Waals surface area (Å²) in [5.41, 5.74) is 4.76. The molecule has 1 aromatic carbocycles. The van der Waals surface area contributed by atoms with Crippen LogP contribution >= 0.6 is 0 Å². The second kappa shape index (κ2) is 8.30. The molecule has 0 spiro atoms. The minimum absolute atomic E-state index is 0.0236. The molecule has 4 nitrogen and oxygen atoms in total. The summed E-state index contributed by atoms with van der Waals surface area (Å²) in [4.78, 5) is 17.3. The Kier molecular flexibility index (Phi) is 6.05. The summed E-state index contributed by atoms with van der Waals surface area (Å²) >= 11 is 0. The smallest absolute Gasteiger partial charge is 0.221 e. The van der Waals surface area contributed by atoms with E-state index in [9.17, 15) is 4.79 Å². The number of piperidine rings is 1. The summed E-state index contributed by atoms with van der Waals surface area (Å²) in [6, 6.07) is 10.9. The van der Waals surface area contributed by atoms with Crippen LogP contribution in [0.1, 0.15) is 55.8 Å². The van der Waals surface area contributed by atoms with Crippen molar-refractivity contribution in [3.63, 3.8) is 0 Å². The fourth-order valence-corrected chi connectivity index (χ4v) is 4.49. The van der Waals surface area contributed by atoms with E-state index in [1.54, 1.807) is 6.92 Å². The number of nitrogens with zero attached hydrogens (tertiary/aromatic N) is 1. The number of carbonyl (C=O) groups excluding carboxylic acids is 1. The van der Waals surface area contributed by atoms with E-state index in [1.165, 1.54) is 16.8 Å². The summed E-state index contributed by atoms with van der Waals surface area (Å²) in [7, 11) is 0. The van der Waals surface area contributed by atoms with Crippen molar-refractivity contribution in [3.05, 3.63) is 60.3 Å². The van der Waals surface area contributed by atoms with E-state index in [0.29, 0.717) is 17.9 Å². The fraction of sp³-hybridized carbons (Fsp3) is 0.478. The molecule has 1 aromatic heterocycles. The highest BCUT2D eigenvalue weighted by molar-refractivity contribution is 5.88. The van der Waals surface area contributed by atoms with Crippen molar-refractivity contribution in [2.45, 2.75) is 52.0 Å². The third-order valence-corrected chi connectivity index (χ3v) is 6.19. The number of benzene rings is 1. The van der Waals surface area contributed by atoms with Crippen LogP contribution in [0.3, 0.4) is 0 Å². The van der Waals surface area contributed by atoms with Crippen LogP contribution in [0.2, 0.25) is 0 Å². The van der Waals surface area contributed by atoms with Gasteiger partial charge in [-0.25, -0.2) is 0 Å². The van der Waals surface area contributed by atoms with E-state index in [2.05, 4.69) is 61.1 Å². The Morgan fingerprint density at radius 2 is 2.15 bits per heavy atom. The molecular weight excluding hydrogens is 334 g/mol. The lowest BCUT2D eigenvalue weighted by molar-refractivity contribution is -0.114. The Balaban J connectivity index is 1.68. The number of aromatic amines is 1. The lowest BCUT2D eigenvalue weighted by Crippen LogP contribution is -2.47. The van der Waals surface area contributed by atoms with Crippen molar-refractivity contribution in [2.75, 3.05) is 18.4 Å². The average Bonchev–Trinajstić information content (AvgIpc) is 3.05. The summed E-state index contributed by atoms with van der Waals surface area (Å²) in [5, 5.41) is 2.90. The van der Waals surface area contributed by atoms with E-state index in [0.717, 1.165) is 25.2 Å². The minimum atomic E-state index is -0.0236. The van der Waals surface area contributed by atoms with E-state index < -0.39 is 0 Å². The average molecular weight is 367 g/mol. The molecule has 3 rings (SSSR count). The molecule has 1 radical (unpaired) electrons. The number of amides is 1. The largest absolute Gasteiger partial charge is 0.364 e. The van der Waals surface area contributed by atoms with Crippen molar-refractivity contribution < 1.29 is 4.79 Å². The molecule has 0 saturated carbocycles. The molecular formula is C23H32N3O. The second-order valence-corrected chi connectivity index (χ2v) is 8.07. The van der Waals surface area contributed by atoms with Gasteiger partial charge in [0.25, 0.3) is 0 Å². The molecule has 1 aliphatic rings. The van der Waals surface area contributed by atoms with Crippen LogP contribution in [0.25, 0.3) is 0 Å². The number of anilines is 1. The molecule has 145 valence electrons. The molecule has 2 heterocycles. The normalized spacial score (nSPS) is 24.6. The highest BCUT2D eigenvalue weighted by Gasteiger charge is 2.34. The van der Waals surface area contributed by atoms with Gasteiger partial charge in [-0.2, -0.15) is 0 Å². The van der Waals surface area contributed by atoms with Gasteiger partial charge in [0.05, 0.1) is 0 Å². The van der Waals surface area contributed by atoms with Gasteiger partial charge < -0.3 is 10.3 Å². The lowest BCUT2D eigenvalue weighted by atomic mass is 9.77. The third-order valence-electron chi connectivity index (χ3n) is 6.19. The highest BCUT2D eigenvalue weighted by Crippen LogP contribution is 2.38. The van der Waals surface area contributed by atoms with Crippen molar-refractivity contribution in [1.29, 1.82) is 0 Å². The van der Waals surface area contributed by atoms with Gasteiger partial charge in [-0.15, -0.1) is 0 Å². The molecule has 1 amide bonds. The monoisotopic (exact) mass is 366 g/mol. The fourth-order valence-electron chi connectivity index (χ4n) is 4.49. The van der Waals surface area contributed by atoms with Crippen LogP contribution in [0.5, 0.6) is 0 Å². The SMILES string of the molecule is [CH2]C(CN1CCC(c2cccc(NC(C)=O)c2)C(C)C1C)c1[nH]ccc1C. The number of aromatic nitrogens is 1. The number of aryl methyl sites for hydroxylation is 1. The van der Waals surface area contributed by atoms with Gasteiger partial charge in [0, 0.05) is 43.0 Å². The number of hydrogen-bond donors (Lipinski definition) is 2. The molecule has 4 atom stereocenters. The Labute approximate surface area is 163 Å². The van der Waals surface area contributed by atoms with Gasteiger partial charge >= 0.3 is 0 Å². The predicted molar refractivity (Wildman–Crippen MR) is 112 cm³/mol. The third kappa shape index (κ3) is 4.44. The first-order chi connectivity index (χ1) is 12.9. The first-order valence-corrected chi connectivity index (χ1v) is 9.95. The van der Waals surface area contributed by atoms with Gasteiger partial charge in [-0.3, -0.25) is 9.69 Å². The van der Waals surface area contributed by atoms with Crippen LogP contribution in [0, 0.1) is 19.8 Å². The Morgan fingerprint density at radius 3 is 2.81 bits per heavy atom. The zero-order valence-electron chi connectivity index (χ0n) is 17.0. The maximum Gasteiger partial charge on any atom is 0.221 e. The molecule has 2 aromatic rings. The minimum Gasteiger partial charge on any atom is -0.364 e. The maximum absolute atomic E-state index is 11.4. The summed E-state index contributed by atoms with van der Waals surface area (Å²) in [6.07, 6.45) is 3.13. The first-order valence-electron chi connectivity index (χ1n) is 9.95.